The predicted molar refractivity (Wildman–Crippen MR) is 103 cm³/mol. The zero-order valence-electron chi connectivity index (χ0n) is 14.5. The predicted octanol–water partition coefficient (Wildman–Crippen LogP) is 2.39. The molecule has 134 valence electrons. The molecule has 2 aromatic carbocycles. The van der Waals surface area contributed by atoms with Crippen molar-refractivity contribution in [2.45, 2.75) is 11.7 Å². The number of carbonyl (C=O) groups excluding carboxylic acids is 1. The highest BCUT2D eigenvalue weighted by Crippen LogP contribution is 2.21. The van der Waals surface area contributed by atoms with Gasteiger partial charge in [-0.2, -0.15) is 5.10 Å². The molecular formula is C19H21N5OS. The summed E-state index contributed by atoms with van der Waals surface area (Å²) in [5, 5.41) is 9.85. The van der Waals surface area contributed by atoms with Gasteiger partial charge in [-0.05, 0) is 16.3 Å². The Morgan fingerprint density at radius 1 is 1.08 bits per heavy atom. The summed E-state index contributed by atoms with van der Waals surface area (Å²) in [6.07, 6.45) is 1.46. The molecule has 0 bridgehead atoms. The molecule has 0 spiro atoms. The van der Waals surface area contributed by atoms with Gasteiger partial charge in [-0.3, -0.25) is 14.8 Å². The number of aromatic nitrogens is 3. The first-order valence-corrected chi connectivity index (χ1v) is 9.73. The van der Waals surface area contributed by atoms with Gasteiger partial charge in [0.05, 0.1) is 5.75 Å². The number of thioether (sulfide) groups is 1. The standard InChI is InChI=1S/C19H21N5OS/c25-18(13-26-19-20-14-21-22-19)24-10-8-23(9-11-24)12-16-6-3-5-15-4-1-2-7-17(15)16/h1-7,14H,8-13H2,(H,20,21,22). The van der Waals surface area contributed by atoms with Crippen LogP contribution < -0.4 is 0 Å². The number of nitrogens with one attached hydrogen (secondary N) is 1. The van der Waals surface area contributed by atoms with Crippen molar-refractivity contribution in [3.63, 3.8) is 0 Å². The Labute approximate surface area is 156 Å². The monoisotopic (exact) mass is 367 g/mol. The highest BCUT2D eigenvalue weighted by Gasteiger charge is 2.21. The third kappa shape index (κ3) is 3.89. The van der Waals surface area contributed by atoms with Gasteiger partial charge < -0.3 is 4.90 Å². The number of H-pyrrole nitrogens is 1. The molecule has 1 N–H and O–H groups in total. The van der Waals surface area contributed by atoms with Crippen LogP contribution in [-0.2, 0) is 11.3 Å². The number of benzene rings is 2. The number of rotatable bonds is 5. The fourth-order valence-corrected chi connectivity index (χ4v) is 3.99. The minimum absolute atomic E-state index is 0.163. The maximum Gasteiger partial charge on any atom is 0.233 e. The molecule has 0 saturated carbocycles. The first-order chi connectivity index (χ1) is 12.8. The lowest BCUT2D eigenvalue weighted by Crippen LogP contribution is -2.48. The molecular weight excluding hydrogens is 346 g/mol. The van der Waals surface area contributed by atoms with Gasteiger partial charge in [0.1, 0.15) is 6.33 Å². The van der Waals surface area contributed by atoms with E-state index in [-0.39, 0.29) is 5.91 Å². The molecule has 3 aromatic rings. The van der Waals surface area contributed by atoms with Crippen LogP contribution in [0.2, 0.25) is 0 Å². The lowest BCUT2D eigenvalue weighted by Gasteiger charge is -2.34. The molecule has 1 aliphatic heterocycles. The minimum atomic E-state index is 0.163. The van der Waals surface area contributed by atoms with Gasteiger partial charge in [0.25, 0.3) is 0 Å². The van der Waals surface area contributed by atoms with E-state index in [2.05, 4.69) is 62.5 Å². The van der Waals surface area contributed by atoms with Gasteiger partial charge in [-0.25, -0.2) is 4.98 Å². The van der Waals surface area contributed by atoms with E-state index >= 15 is 0 Å². The first kappa shape index (κ1) is 17.1. The third-order valence-corrected chi connectivity index (χ3v) is 5.59. The van der Waals surface area contributed by atoms with E-state index in [1.165, 1.54) is 34.4 Å². The maximum absolute atomic E-state index is 12.4. The molecule has 7 heteroatoms. The van der Waals surface area contributed by atoms with Crippen LogP contribution in [-0.4, -0.2) is 62.8 Å². The number of aromatic amines is 1. The number of nitrogens with zero attached hydrogens (tertiary/aromatic N) is 4. The molecule has 26 heavy (non-hydrogen) atoms. The van der Waals surface area contributed by atoms with Gasteiger partial charge in [-0.1, -0.05) is 54.2 Å². The van der Waals surface area contributed by atoms with Crippen molar-refractivity contribution < 1.29 is 4.79 Å². The molecule has 4 rings (SSSR count). The minimum Gasteiger partial charge on any atom is -0.339 e. The Kier molecular flexibility index (Phi) is 5.17. The second-order valence-corrected chi connectivity index (χ2v) is 7.34. The lowest BCUT2D eigenvalue weighted by molar-refractivity contribution is -0.130. The zero-order chi connectivity index (χ0) is 17.8. The lowest BCUT2D eigenvalue weighted by atomic mass is 10.0. The van der Waals surface area contributed by atoms with Crippen molar-refractivity contribution in [3.05, 3.63) is 54.4 Å². The summed E-state index contributed by atoms with van der Waals surface area (Å²) < 4.78 is 0. The van der Waals surface area contributed by atoms with Gasteiger partial charge in [0.2, 0.25) is 5.91 Å². The summed E-state index contributed by atoms with van der Waals surface area (Å²) in [5.41, 5.74) is 1.35. The molecule has 1 aliphatic rings. The second-order valence-electron chi connectivity index (χ2n) is 6.37. The van der Waals surface area contributed by atoms with E-state index in [0.29, 0.717) is 10.9 Å². The van der Waals surface area contributed by atoms with Crippen LogP contribution in [0.3, 0.4) is 0 Å². The van der Waals surface area contributed by atoms with Crippen LogP contribution in [0.15, 0.2) is 53.9 Å². The smallest absolute Gasteiger partial charge is 0.233 e. The van der Waals surface area contributed by atoms with Crippen LogP contribution in [0, 0.1) is 0 Å². The summed E-state index contributed by atoms with van der Waals surface area (Å²) in [6, 6.07) is 15.0. The van der Waals surface area contributed by atoms with Crippen LogP contribution in [0.5, 0.6) is 0 Å². The molecule has 1 saturated heterocycles. The molecule has 0 aliphatic carbocycles. The highest BCUT2D eigenvalue weighted by molar-refractivity contribution is 7.99. The quantitative estimate of drug-likeness (QED) is 0.702. The summed E-state index contributed by atoms with van der Waals surface area (Å²) in [4.78, 5) is 20.8. The Morgan fingerprint density at radius 2 is 1.88 bits per heavy atom. The van der Waals surface area contributed by atoms with Gasteiger partial charge in [0.15, 0.2) is 5.16 Å². The molecule has 1 aromatic heterocycles. The molecule has 2 heterocycles. The molecule has 0 unspecified atom stereocenters. The Balaban J connectivity index is 1.31. The van der Waals surface area contributed by atoms with Crippen LogP contribution in [0.1, 0.15) is 5.56 Å². The fraction of sp³-hybridized carbons (Fsp3) is 0.316. The molecule has 0 atom stereocenters. The number of amides is 1. The largest absolute Gasteiger partial charge is 0.339 e. The van der Waals surface area contributed by atoms with Gasteiger partial charge in [-0.15, -0.1) is 0 Å². The fourth-order valence-electron chi connectivity index (χ4n) is 3.31. The maximum atomic E-state index is 12.4. The molecule has 6 nitrogen and oxygen atoms in total. The summed E-state index contributed by atoms with van der Waals surface area (Å²) in [6.45, 7) is 4.29. The van der Waals surface area contributed by atoms with Gasteiger partial charge >= 0.3 is 0 Å². The average molecular weight is 367 g/mol. The van der Waals surface area contributed by atoms with Crippen LogP contribution in [0.4, 0.5) is 0 Å². The molecule has 1 amide bonds. The number of carbonyl (C=O) groups is 1. The zero-order valence-corrected chi connectivity index (χ0v) is 15.3. The topological polar surface area (TPSA) is 65.1 Å². The van der Waals surface area contributed by atoms with E-state index in [1.54, 1.807) is 0 Å². The Bertz CT molecular complexity index is 869. The number of fused-ring (bicyclic) bond motifs is 1. The van der Waals surface area contributed by atoms with Crippen molar-refractivity contribution in [1.29, 1.82) is 0 Å². The van der Waals surface area contributed by atoms with Crippen molar-refractivity contribution in [2.24, 2.45) is 0 Å². The van der Waals surface area contributed by atoms with E-state index in [9.17, 15) is 4.79 Å². The summed E-state index contributed by atoms with van der Waals surface area (Å²) in [7, 11) is 0. The SMILES string of the molecule is O=C(CSc1ncn[nH]1)N1CCN(Cc2cccc3ccccc23)CC1. The first-order valence-electron chi connectivity index (χ1n) is 8.74. The molecule has 1 fully saturated rings. The van der Waals surface area contributed by atoms with E-state index in [1.807, 2.05) is 4.90 Å². The normalized spacial score (nSPS) is 15.5. The number of piperazine rings is 1. The van der Waals surface area contributed by atoms with Gasteiger partial charge in [0, 0.05) is 32.7 Å². The van der Waals surface area contributed by atoms with Crippen molar-refractivity contribution in [2.75, 3.05) is 31.9 Å². The summed E-state index contributed by atoms with van der Waals surface area (Å²) in [5.74, 6) is 0.564. The van der Waals surface area contributed by atoms with Crippen molar-refractivity contribution >= 4 is 28.4 Å². The molecule has 0 radical (unpaired) electrons. The van der Waals surface area contributed by atoms with Crippen molar-refractivity contribution in [1.82, 2.24) is 25.0 Å². The van der Waals surface area contributed by atoms with E-state index < -0.39 is 0 Å². The highest BCUT2D eigenvalue weighted by atomic mass is 32.2. The van der Waals surface area contributed by atoms with Crippen LogP contribution >= 0.6 is 11.8 Å². The van der Waals surface area contributed by atoms with E-state index in [0.717, 1.165) is 32.7 Å². The summed E-state index contributed by atoms with van der Waals surface area (Å²) >= 11 is 1.40. The number of hydrogen-bond acceptors (Lipinski definition) is 5. The third-order valence-electron chi connectivity index (χ3n) is 4.72. The Hall–Kier alpha value is -2.38. The number of hydrogen-bond donors (Lipinski definition) is 1. The van der Waals surface area contributed by atoms with Crippen molar-refractivity contribution in [3.8, 4) is 0 Å². The van der Waals surface area contributed by atoms with E-state index in [4.69, 9.17) is 0 Å². The van der Waals surface area contributed by atoms with Crippen LogP contribution in [0.25, 0.3) is 10.8 Å². The Morgan fingerprint density at radius 3 is 2.69 bits per heavy atom. The second kappa shape index (κ2) is 7.88. The average Bonchev–Trinajstić information content (AvgIpc) is 3.21.